The number of halogens is 4. The van der Waals surface area contributed by atoms with Crippen LogP contribution >= 0.6 is 23.0 Å². The minimum absolute atomic E-state index is 0.0847. The third-order valence-electron chi connectivity index (χ3n) is 6.70. The first kappa shape index (κ1) is 27.6. The van der Waals surface area contributed by atoms with Crippen molar-refractivity contribution < 1.29 is 30.4 Å². The van der Waals surface area contributed by atoms with E-state index in [4.69, 9.17) is 17.3 Å². The Bertz CT molecular complexity index is 1280. The van der Waals surface area contributed by atoms with Crippen LogP contribution in [0.2, 0.25) is 0 Å². The number of anilines is 1. The van der Waals surface area contributed by atoms with Gasteiger partial charge in [0.1, 0.15) is 47.1 Å². The Morgan fingerprint density at radius 3 is 2.51 bits per heavy atom. The Kier molecular flexibility index (Phi) is 8.05. The van der Waals surface area contributed by atoms with Crippen LogP contribution in [0.25, 0.3) is 10.9 Å². The van der Waals surface area contributed by atoms with Crippen LogP contribution < -0.4 is 14.8 Å². The van der Waals surface area contributed by atoms with Gasteiger partial charge in [0.05, 0.1) is 49.0 Å². The number of alkyl halides is 2. The van der Waals surface area contributed by atoms with Gasteiger partial charge in [-0.25, -0.2) is 23.1 Å². The maximum atomic E-state index is 15.0. The molecule has 0 amide bonds. The van der Waals surface area contributed by atoms with Gasteiger partial charge >= 0.3 is 0 Å². The third-order valence-corrected chi connectivity index (χ3v) is 7.47. The molecule has 1 N–H and O–H groups in total. The van der Waals surface area contributed by atoms with Gasteiger partial charge in [-0.1, -0.05) is 18.2 Å². The maximum Gasteiger partial charge on any atom is 0.273 e. The fraction of sp³-hybridized carbons (Fsp3) is 0.462. The summed E-state index contributed by atoms with van der Waals surface area (Å²) >= 11 is 1.88. The van der Waals surface area contributed by atoms with Crippen LogP contribution in [0.5, 0.6) is 11.5 Å². The molecule has 1 aliphatic rings. The highest BCUT2D eigenvalue weighted by Crippen LogP contribution is 2.40. The Hall–Kier alpha value is -2.38. The van der Waals surface area contributed by atoms with E-state index in [1.807, 2.05) is 29.9 Å². The van der Waals surface area contributed by atoms with Gasteiger partial charge in [-0.2, -0.15) is 0 Å². The molecule has 4 rings (SSSR count). The highest BCUT2D eigenvalue weighted by Gasteiger charge is 2.45. The summed E-state index contributed by atoms with van der Waals surface area (Å²) in [7, 11) is 1.54. The summed E-state index contributed by atoms with van der Waals surface area (Å²) in [6, 6.07) is 6.84. The van der Waals surface area contributed by atoms with Crippen molar-refractivity contribution in [1.82, 2.24) is 9.97 Å². The zero-order valence-electron chi connectivity index (χ0n) is 21.2. The van der Waals surface area contributed by atoms with Crippen molar-refractivity contribution in [3.8, 4) is 11.5 Å². The van der Waals surface area contributed by atoms with Crippen molar-refractivity contribution in [2.75, 3.05) is 32.2 Å². The predicted molar refractivity (Wildman–Crippen MR) is 142 cm³/mol. The van der Waals surface area contributed by atoms with E-state index in [-0.39, 0.29) is 17.1 Å². The molecule has 1 aliphatic heterocycles. The number of aryl methyl sites for hydroxylation is 1. The van der Waals surface area contributed by atoms with Gasteiger partial charge in [-0.15, -0.1) is 0 Å². The molecule has 2 atom stereocenters. The van der Waals surface area contributed by atoms with E-state index in [1.54, 1.807) is 33.1 Å². The molecule has 0 aliphatic carbocycles. The highest BCUT2D eigenvalue weighted by molar-refractivity contribution is 14.1. The van der Waals surface area contributed by atoms with Crippen LogP contribution in [-0.4, -0.2) is 43.0 Å². The average Bonchev–Trinajstić information content (AvgIpc) is 2.82. The van der Waals surface area contributed by atoms with Crippen LogP contribution in [0.1, 0.15) is 43.8 Å². The van der Waals surface area contributed by atoms with E-state index >= 15 is 4.39 Å². The predicted octanol–water partition coefficient (Wildman–Crippen LogP) is 6.52. The average molecular weight is 631 g/mol. The van der Waals surface area contributed by atoms with E-state index in [2.05, 4.69) is 15.3 Å². The van der Waals surface area contributed by atoms with Crippen LogP contribution in [0.15, 0.2) is 30.3 Å². The summed E-state index contributed by atoms with van der Waals surface area (Å²) in [5.41, 5.74) is -0.245. The number of aromatic nitrogens is 2. The molecule has 0 bridgehead atoms. The summed E-state index contributed by atoms with van der Waals surface area (Å²) in [6.07, 6.45) is -0.0847. The monoisotopic (exact) mass is 631 g/mol. The van der Waals surface area contributed by atoms with Crippen LogP contribution in [0.3, 0.4) is 0 Å². The molecule has 1 unspecified atom stereocenters. The number of fused-ring (bicyclic) bond motifs is 1. The van der Waals surface area contributed by atoms with Crippen molar-refractivity contribution in [3.63, 3.8) is 0 Å². The summed E-state index contributed by atoms with van der Waals surface area (Å²) in [4.78, 5) is 9.02. The molecular weight excluding hydrogens is 602 g/mol. The second-order valence-electron chi connectivity index (χ2n) is 9.48. The number of ether oxygens (including phenoxy) is 3. The summed E-state index contributed by atoms with van der Waals surface area (Å²) < 4.78 is 65.5. The minimum atomic E-state index is -3.30. The molecular formula is C26H29F3IN3O4. The van der Waals surface area contributed by atoms with Gasteiger partial charge in [-0.05, 0) is 26.8 Å². The maximum absolute atomic E-state index is 15.0. The zero-order valence-corrected chi connectivity index (χ0v) is 23.4. The van der Waals surface area contributed by atoms with Crippen LogP contribution in [0, 0.1) is 18.2 Å². The van der Waals surface area contributed by atoms with Gasteiger partial charge in [0.2, 0.25) is 0 Å². The van der Waals surface area contributed by atoms with E-state index < -0.39 is 23.3 Å². The molecule has 3 aromatic rings. The van der Waals surface area contributed by atoms with Gasteiger partial charge in [0.15, 0.2) is 11.5 Å². The Balaban J connectivity index is 1.69. The second-order valence-corrected chi connectivity index (χ2v) is 9.99. The molecule has 0 saturated carbocycles. The van der Waals surface area contributed by atoms with Crippen molar-refractivity contribution >= 4 is 39.7 Å². The number of hydrogen-bond donors (Lipinski definition) is 1. The van der Waals surface area contributed by atoms with Gasteiger partial charge in [-0.3, -0.25) is 0 Å². The second kappa shape index (κ2) is 10.8. The van der Waals surface area contributed by atoms with Crippen molar-refractivity contribution in [1.29, 1.82) is 0 Å². The Labute approximate surface area is 227 Å². The molecule has 7 nitrogen and oxygen atoms in total. The highest BCUT2D eigenvalue weighted by atomic mass is 127. The van der Waals surface area contributed by atoms with Gasteiger partial charge in [0, 0.05) is 23.9 Å². The normalized spacial score (nSPS) is 16.7. The lowest BCUT2D eigenvalue weighted by molar-refractivity contribution is -0.168. The first-order chi connectivity index (χ1) is 17.5. The molecule has 2 aromatic carbocycles. The van der Waals surface area contributed by atoms with E-state index in [9.17, 15) is 8.78 Å². The molecule has 0 radical (unpaired) electrons. The van der Waals surface area contributed by atoms with E-state index in [0.29, 0.717) is 60.8 Å². The fourth-order valence-corrected chi connectivity index (χ4v) is 4.80. The Morgan fingerprint density at radius 2 is 1.92 bits per heavy atom. The summed E-state index contributed by atoms with van der Waals surface area (Å²) in [5.74, 6) is -2.39. The van der Waals surface area contributed by atoms with Crippen LogP contribution in [0.4, 0.5) is 19.0 Å². The van der Waals surface area contributed by atoms with Gasteiger partial charge in [0.25, 0.3) is 5.92 Å². The largest absolute Gasteiger partial charge is 0.493 e. The quantitative estimate of drug-likeness (QED) is 0.256. The molecule has 1 aromatic heterocycles. The lowest BCUT2D eigenvalue weighted by Gasteiger charge is -2.44. The van der Waals surface area contributed by atoms with Crippen molar-refractivity contribution in [2.45, 2.75) is 45.8 Å². The SMILES string of the molecule is COc1cc2nc(C)nc(N[C@H](C)c3cccc(C(C)(F)F)c3F)c2cc1OCC1(C(C)OI)COC1. The molecule has 11 heteroatoms. The number of hydrogen-bond acceptors (Lipinski definition) is 7. The number of rotatable bonds is 10. The molecule has 1 saturated heterocycles. The number of nitrogens with zero attached hydrogens (tertiary/aromatic N) is 2. The molecule has 200 valence electrons. The Morgan fingerprint density at radius 1 is 1.19 bits per heavy atom. The number of nitrogens with one attached hydrogen (secondary N) is 1. The molecule has 2 heterocycles. The summed E-state index contributed by atoms with van der Waals surface area (Å²) in [5, 5.41) is 3.79. The van der Waals surface area contributed by atoms with Crippen LogP contribution in [-0.2, 0) is 13.7 Å². The lowest BCUT2D eigenvalue weighted by atomic mass is 9.82. The van der Waals surface area contributed by atoms with Crippen molar-refractivity contribution in [3.05, 3.63) is 53.1 Å². The number of benzene rings is 2. The fourth-order valence-electron chi connectivity index (χ4n) is 4.26. The minimum Gasteiger partial charge on any atom is -0.493 e. The first-order valence-electron chi connectivity index (χ1n) is 11.8. The zero-order chi connectivity index (χ0) is 27.0. The van der Waals surface area contributed by atoms with Gasteiger partial charge < -0.3 is 22.6 Å². The smallest absolute Gasteiger partial charge is 0.273 e. The van der Waals surface area contributed by atoms with E-state index in [0.717, 1.165) is 6.07 Å². The number of methoxy groups -OCH3 is 1. The topological polar surface area (TPSA) is 74.7 Å². The molecule has 37 heavy (non-hydrogen) atoms. The molecule has 1 fully saturated rings. The van der Waals surface area contributed by atoms with Crippen molar-refractivity contribution in [2.24, 2.45) is 5.41 Å². The third kappa shape index (κ3) is 5.58. The molecule has 0 spiro atoms. The standard InChI is InChI=1S/C26H29F3IN3O4/c1-14(17-7-6-8-19(23(17)27)25(4,28)29)31-24-18-9-22(21(34-5)10-20(18)32-16(3)33-24)36-13-26(11-35-12-26)15(2)37-30/h6-10,14-15H,11-13H2,1-5H3,(H,31,32,33)/t14-,15?/m1/s1. The van der Waals surface area contributed by atoms with E-state index in [1.165, 1.54) is 12.1 Å². The summed E-state index contributed by atoms with van der Waals surface area (Å²) in [6.45, 7) is 7.44. The first-order valence-corrected chi connectivity index (χ1v) is 12.6. The lowest BCUT2D eigenvalue weighted by Crippen LogP contribution is -2.54.